The number of carbonyl (C=O) groups is 2. The van der Waals surface area contributed by atoms with Crippen LogP contribution >= 0.6 is 11.8 Å². The fourth-order valence-corrected chi connectivity index (χ4v) is 5.40. The molecule has 1 saturated heterocycles. The summed E-state index contributed by atoms with van der Waals surface area (Å²) in [5.41, 5.74) is 0.980. The van der Waals surface area contributed by atoms with E-state index in [-0.39, 0.29) is 23.8 Å². The molecule has 30 heavy (non-hydrogen) atoms. The van der Waals surface area contributed by atoms with E-state index in [0.29, 0.717) is 11.8 Å². The SMILES string of the molecule is CCN(CC)CCNC(=O)C1CCC2S/C(=C/c3ccc(OC)cc3)C(=O)NC2C1. The zero-order valence-corrected chi connectivity index (χ0v) is 19.0. The molecule has 2 fully saturated rings. The topological polar surface area (TPSA) is 70.7 Å². The third-order valence-corrected chi connectivity index (χ3v) is 7.44. The molecule has 1 saturated carbocycles. The summed E-state index contributed by atoms with van der Waals surface area (Å²) in [4.78, 5) is 28.3. The van der Waals surface area contributed by atoms with Crippen LogP contribution in [0.3, 0.4) is 0 Å². The van der Waals surface area contributed by atoms with E-state index in [2.05, 4.69) is 29.4 Å². The number of likely N-dealkylation sites (N-methyl/N-ethyl adjacent to an activating group) is 1. The van der Waals surface area contributed by atoms with Crippen LogP contribution < -0.4 is 15.4 Å². The van der Waals surface area contributed by atoms with Crippen LogP contribution in [0.25, 0.3) is 6.08 Å². The van der Waals surface area contributed by atoms with Crippen molar-refractivity contribution in [3.05, 3.63) is 34.7 Å². The lowest BCUT2D eigenvalue weighted by Crippen LogP contribution is -2.51. The minimum atomic E-state index is -0.0420. The van der Waals surface area contributed by atoms with Crippen LogP contribution in [0.15, 0.2) is 29.2 Å². The molecule has 0 radical (unpaired) electrons. The zero-order valence-electron chi connectivity index (χ0n) is 18.1. The number of rotatable bonds is 8. The van der Waals surface area contributed by atoms with Gasteiger partial charge in [0.1, 0.15) is 5.75 Å². The summed E-state index contributed by atoms with van der Waals surface area (Å²) >= 11 is 1.65. The third kappa shape index (κ3) is 5.79. The lowest BCUT2D eigenvalue weighted by Gasteiger charge is -2.39. The van der Waals surface area contributed by atoms with Gasteiger partial charge in [-0.25, -0.2) is 0 Å². The molecule has 164 valence electrons. The molecule has 1 aromatic rings. The predicted octanol–water partition coefficient (Wildman–Crippen LogP) is 2.89. The number of amides is 2. The highest BCUT2D eigenvalue weighted by atomic mass is 32.2. The Balaban J connectivity index is 1.53. The van der Waals surface area contributed by atoms with Crippen molar-refractivity contribution >= 4 is 29.7 Å². The first-order chi connectivity index (χ1) is 14.5. The quantitative estimate of drug-likeness (QED) is 0.620. The molecule has 1 aliphatic carbocycles. The van der Waals surface area contributed by atoms with E-state index in [0.717, 1.165) is 55.1 Å². The molecule has 1 heterocycles. The number of thioether (sulfide) groups is 1. The molecule has 7 heteroatoms. The van der Waals surface area contributed by atoms with E-state index in [4.69, 9.17) is 4.74 Å². The van der Waals surface area contributed by atoms with Gasteiger partial charge in [0.25, 0.3) is 5.91 Å². The fraction of sp³-hybridized carbons (Fsp3) is 0.565. The first-order valence-corrected chi connectivity index (χ1v) is 11.7. The molecule has 0 bridgehead atoms. The van der Waals surface area contributed by atoms with Gasteiger partial charge in [-0.3, -0.25) is 9.59 Å². The van der Waals surface area contributed by atoms with E-state index >= 15 is 0 Å². The maximum absolute atomic E-state index is 12.6. The third-order valence-electron chi connectivity index (χ3n) is 6.01. The maximum atomic E-state index is 12.6. The van der Waals surface area contributed by atoms with Crippen molar-refractivity contribution in [1.29, 1.82) is 0 Å². The van der Waals surface area contributed by atoms with Crippen molar-refractivity contribution in [2.24, 2.45) is 5.92 Å². The van der Waals surface area contributed by atoms with Gasteiger partial charge in [-0.2, -0.15) is 0 Å². The van der Waals surface area contributed by atoms with Crippen LogP contribution in [0.1, 0.15) is 38.7 Å². The highest BCUT2D eigenvalue weighted by Crippen LogP contribution is 2.40. The van der Waals surface area contributed by atoms with Crippen molar-refractivity contribution in [3.8, 4) is 5.75 Å². The minimum absolute atomic E-state index is 0.0176. The average molecular weight is 432 g/mol. The molecule has 1 aliphatic heterocycles. The molecule has 2 aliphatic rings. The monoisotopic (exact) mass is 431 g/mol. The molecule has 0 aromatic heterocycles. The van der Waals surface area contributed by atoms with Gasteiger partial charge in [-0.1, -0.05) is 26.0 Å². The van der Waals surface area contributed by atoms with Crippen LogP contribution in [0, 0.1) is 5.92 Å². The van der Waals surface area contributed by atoms with Crippen molar-refractivity contribution in [3.63, 3.8) is 0 Å². The summed E-state index contributed by atoms with van der Waals surface area (Å²) in [6.07, 6.45) is 4.46. The number of fused-ring (bicyclic) bond motifs is 1. The minimum Gasteiger partial charge on any atom is -0.497 e. The van der Waals surface area contributed by atoms with Gasteiger partial charge in [-0.15, -0.1) is 11.8 Å². The number of hydrogen-bond acceptors (Lipinski definition) is 5. The molecule has 3 atom stereocenters. The number of methoxy groups -OCH3 is 1. The molecule has 2 amide bonds. The molecule has 0 spiro atoms. The summed E-state index contributed by atoms with van der Waals surface area (Å²) in [7, 11) is 1.64. The lowest BCUT2D eigenvalue weighted by molar-refractivity contribution is -0.127. The second-order valence-corrected chi connectivity index (χ2v) is 9.13. The summed E-state index contributed by atoms with van der Waals surface area (Å²) in [6, 6.07) is 7.74. The molecular weight excluding hydrogens is 398 g/mol. The molecular formula is C23H33N3O3S. The Kier molecular flexibility index (Phi) is 8.22. The molecule has 2 N–H and O–H groups in total. The first-order valence-electron chi connectivity index (χ1n) is 10.9. The van der Waals surface area contributed by atoms with Crippen LogP contribution in [0.2, 0.25) is 0 Å². The second-order valence-electron chi connectivity index (χ2n) is 7.85. The van der Waals surface area contributed by atoms with Gasteiger partial charge in [0.2, 0.25) is 5.91 Å². The van der Waals surface area contributed by atoms with Crippen molar-refractivity contribution in [1.82, 2.24) is 15.5 Å². The number of ether oxygens (including phenoxy) is 1. The Morgan fingerprint density at radius 1 is 1.27 bits per heavy atom. The largest absolute Gasteiger partial charge is 0.497 e. The number of benzene rings is 1. The fourth-order valence-electron chi connectivity index (χ4n) is 4.10. The van der Waals surface area contributed by atoms with Crippen molar-refractivity contribution in [2.75, 3.05) is 33.3 Å². The van der Waals surface area contributed by atoms with E-state index in [1.54, 1.807) is 18.9 Å². The smallest absolute Gasteiger partial charge is 0.257 e. The van der Waals surface area contributed by atoms with Gasteiger partial charge in [-0.05, 0) is 56.1 Å². The van der Waals surface area contributed by atoms with Gasteiger partial charge >= 0.3 is 0 Å². The Morgan fingerprint density at radius 2 is 2.00 bits per heavy atom. The van der Waals surface area contributed by atoms with E-state index in [9.17, 15) is 9.59 Å². The van der Waals surface area contributed by atoms with E-state index in [1.807, 2.05) is 30.3 Å². The normalized spacial score (nSPS) is 25.0. The number of carbonyl (C=O) groups excluding carboxylic acids is 2. The molecule has 6 nitrogen and oxygen atoms in total. The molecule has 3 unspecified atom stereocenters. The number of hydrogen-bond donors (Lipinski definition) is 2. The Bertz CT molecular complexity index is 761. The van der Waals surface area contributed by atoms with E-state index < -0.39 is 0 Å². The van der Waals surface area contributed by atoms with Crippen LogP contribution in [-0.4, -0.2) is 61.3 Å². The summed E-state index contributed by atoms with van der Waals surface area (Å²) in [6.45, 7) is 7.82. The van der Waals surface area contributed by atoms with Crippen molar-refractivity contribution < 1.29 is 14.3 Å². The Morgan fingerprint density at radius 3 is 2.67 bits per heavy atom. The average Bonchev–Trinajstić information content (AvgIpc) is 2.77. The second kappa shape index (κ2) is 10.9. The first kappa shape index (κ1) is 22.7. The van der Waals surface area contributed by atoms with Gasteiger partial charge < -0.3 is 20.3 Å². The number of nitrogens with zero attached hydrogens (tertiary/aromatic N) is 1. The lowest BCUT2D eigenvalue weighted by atomic mass is 9.84. The summed E-state index contributed by atoms with van der Waals surface area (Å²) in [5.74, 6) is 0.863. The Labute approximate surface area is 183 Å². The van der Waals surface area contributed by atoms with E-state index in [1.165, 1.54) is 0 Å². The Hall–Kier alpha value is -1.99. The maximum Gasteiger partial charge on any atom is 0.257 e. The van der Waals surface area contributed by atoms with Crippen LogP contribution in [0.4, 0.5) is 0 Å². The highest BCUT2D eigenvalue weighted by molar-refractivity contribution is 8.04. The van der Waals surface area contributed by atoms with Crippen LogP contribution in [-0.2, 0) is 9.59 Å². The highest BCUT2D eigenvalue weighted by Gasteiger charge is 2.39. The predicted molar refractivity (Wildman–Crippen MR) is 122 cm³/mol. The van der Waals surface area contributed by atoms with Crippen LogP contribution in [0.5, 0.6) is 5.75 Å². The number of nitrogens with one attached hydrogen (secondary N) is 2. The molecule has 3 rings (SSSR count). The van der Waals surface area contributed by atoms with Gasteiger partial charge in [0.15, 0.2) is 0 Å². The van der Waals surface area contributed by atoms with Crippen molar-refractivity contribution in [2.45, 2.75) is 44.4 Å². The summed E-state index contributed by atoms with van der Waals surface area (Å²) < 4.78 is 5.19. The standard InChI is InChI=1S/C23H33N3O3S/c1-4-26(5-2)13-12-24-22(27)17-8-11-20-19(15-17)25-23(28)21(30-20)14-16-6-9-18(29-3)10-7-16/h6-7,9-10,14,17,19-20H,4-5,8,11-13,15H2,1-3H3,(H,24,27)(H,25,28)/b21-14+. The van der Waals surface area contributed by atoms with Gasteiger partial charge in [0, 0.05) is 30.3 Å². The van der Waals surface area contributed by atoms with Gasteiger partial charge in [0.05, 0.1) is 12.0 Å². The summed E-state index contributed by atoms with van der Waals surface area (Å²) in [5, 5.41) is 6.56. The molecule has 1 aromatic carbocycles. The zero-order chi connectivity index (χ0) is 21.5.